The van der Waals surface area contributed by atoms with Crippen molar-refractivity contribution in [2.45, 2.75) is 6.10 Å². The zero-order chi connectivity index (χ0) is 19.5. The molecule has 1 fully saturated rings. The van der Waals surface area contributed by atoms with Crippen LogP contribution in [0.3, 0.4) is 0 Å². The van der Waals surface area contributed by atoms with E-state index in [1.54, 1.807) is 25.2 Å². The Kier molecular flexibility index (Phi) is 5.18. The molecule has 3 aromatic rings. The van der Waals surface area contributed by atoms with Crippen molar-refractivity contribution in [2.75, 3.05) is 25.0 Å². The molecule has 1 saturated heterocycles. The van der Waals surface area contributed by atoms with Crippen LogP contribution in [0.1, 0.15) is 22.2 Å². The van der Waals surface area contributed by atoms with Crippen LogP contribution in [-0.2, 0) is 11.8 Å². The van der Waals surface area contributed by atoms with Gasteiger partial charge in [0.05, 0.1) is 24.1 Å². The number of aryl methyl sites for hydroxylation is 1. The fraction of sp³-hybridized carbons (Fsp3) is 0.238. The summed E-state index contributed by atoms with van der Waals surface area (Å²) in [6.07, 6.45) is -0.182. The minimum atomic E-state index is -0.495. The lowest BCUT2D eigenvalue weighted by molar-refractivity contribution is 0.0275. The largest absolute Gasteiger partial charge is 0.371 e. The molecule has 0 saturated carbocycles. The molecule has 1 aromatic heterocycles. The van der Waals surface area contributed by atoms with E-state index in [1.165, 1.54) is 10.7 Å². The number of amides is 1. The van der Waals surface area contributed by atoms with Crippen LogP contribution in [0.2, 0.25) is 0 Å². The number of hydrogen-bond acceptors (Lipinski definition) is 4. The summed E-state index contributed by atoms with van der Waals surface area (Å²) < 4.78 is 21.7. The molecule has 0 radical (unpaired) electrons. The van der Waals surface area contributed by atoms with E-state index in [2.05, 4.69) is 15.7 Å². The van der Waals surface area contributed by atoms with Gasteiger partial charge in [-0.05, 0) is 23.8 Å². The monoisotopic (exact) mass is 380 g/mol. The van der Waals surface area contributed by atoms with Gasteiger partial charge in [-0.1, -0.05) is 36.4 Å². The summed E-state index contributed by atoms with van der Waals surface area (Å²) in [5.74, 6) is -0.912. The molecule has 0 aliphatic carbocycles. The predicted molar refractivity (Wildman–Crippen MR) is 105 cm³/mol. The summed E-state index contributed by atoms with van der Waals surface area (Å²) in [5, 5.41) is 10.2. The second-order valence-electron chi connectivity index (χ2n) is 6.66. The minimum absolute atomic E-state index is 0.125. The summed E-state index contributed by atoms with van der Waals surface area (Å²) in [4.78, 5) is 12.6. The van der Waals surface area contributed by atoms with Gasteiger partial charge in [0, 0.05) is 25.7 Å². The van der Waals surface area contributed by atoms with E-state index >= 15 is 0 Å². The number of hydrogen-bond donors (Lipinski definition) is 2. The van der Waals surface area contributed by atoms with Gasteiger partial charge in [0.1, 0.15) is 11.5 Å². The van der Waals surface area contributed by atoms with Crippen molar-refractivity contribution in [1.29, 1.82) is 0 Å². The molecule has 1 atom stereocenters. The SMILES string of the molecule is Cn1nc(-c2ccccc2)cc1C(=O)Nc1ccc([C@@H]2CNCCO2)cc1F. The highest BCUT2D eigenvalue weighted by molar-refractivity contribution is 6.03. The van der Waals surface area contributed by atoms with Gasteiger partial charge in [0.25, 0.3) is 5.91 Å². The first-order chi connectivity index (χ1) is 13.6. The molecule has 0 bridgehead atoms. The van der Waals surface area contributed by atoms with Crippen LogP contribution in [-0.4, -0.2) is 35.4 Å². The summed E-state index contributed by atoms with van der Waals surface area (Å²) >= 11 is 0. The second kappa shape index (κ2) is 7.92. The van der Waals surface area contributed by atoms with Gasteiger partial charge in [-0.15, -0.1) is 0 Å². The number of halogens is 1. The van der Waals surface area contributed by atoms with Crippen molar-refractivity contribution in [3.8, 4) is 11.3 Å². The fourth-order valence-corrected chi connectivity index (χ4v) is 3.23. The van der Waals surface area contributed by atoms with Crippen molar-refractivity contribution in [3.63, 3.8) is 0 Å². The van der Waals surface area contributed by atoms with Gasteiger partial charge >= 0.3 is 0 Å². The summed E-state index contributed by atoms with van der Waals surface area (Å²) in [6, 6.07) is 16.0. The highest BCUT2D eigenvalue weighted by atomic mass is 19.1. The predicted octanol–water partition coefficient (Wildman–Crippen LogP) is 3.14. The molecule has 28 heavy (non-hydrogen) atoms. The first kappa shape index (κ1) is 18.3. The number of rotatable bonds is 4. The number of morpholine rings is 1. The van der Waals surface area contributed by atoms with Crippen molar-refractivity contribution >= 4 is 11.6 Å². The first-order valence-electron chi connectivity index (χ1n) is 9.14. The molecule has 0 spiro atoms. The highest BCUT2D eigenvalue weighted by Gasteiger charge is 2.19. The van der Waals surface area contributed by atoms with Gasteiger partial charge < -0.3 is 15.4 Å². The number of carbonyl (C=O) groups excluding carboxylic acids is 1. The smallest absolute Gasteiger partial charge is 0.274 e. The quantitative estimate of drug-likeness (QED) is 0.730. The van der Waals surface area contributed by atoms with E-state index in [4.69, 9.17) is 4.74 Å². The maximum Gasteiger partial charge on any atom is 0.274 e. The van der Waals surface area contributed by atoms with Crippen LogP contribution >= 0.6 is 0 Å². The summed E-state index contributed by atoms with van der Waals surface area (Å²) in [7, 11) is 1.69. The van der Waals surface area contributed by atoms with E-state index in [0.717, 1.165) is 17.7 Å². The molecule has 144 valence electrons. The number of benzene rings is 2. The van der Waals surface area contributed by atoms with Crippen LogP contribution in [0.25, 0.3) is 11.3 Å². The van der Waals surface area contributed by atoms with Gasteiger partial charge in [0.2, 0.25) is 0 Å². The molecule has 2 heterocycles. The Morgan fingerprint density at radius 3 is 2.79 bits per heavy atom. The fourth-order valence-electron chi connectivity index (χ4n) is 3.23. The Morgan fingerprint density at radius 1 is 1.25 bits per heavy atom. The molecule has 1 aliphatic rings. The summed E-state index contributed by atoms with van der Waals surface area (Å²) in [6.45, 7) is 2.03. The number of carbonyl (C=O) groups is 1. The topological polar surface area (TPSA) is 68.2 Å². The molecule has 2 N–H and O–H groups in total. The summed E-state index contributed by atoms with van der Waals surface area (Å²) in [5.41, 5.74) is 2.82. The number of nitrogens with zero attached hydrogens (tertiary/aromatic N) is 2. The number of anilines is 1. The Morgan fingerprint density at radius 2 is 2.07 bits per heavy atom. The lowest BCUT2D eigenvalue weighted by Crippen LogP contribution is -2.33. The van der Waals surface area contributed by atoms with E-state index in [0.29, 0.717) is 24.5 Å². The lowest BCUT2D eigenvalue weighted by Gasteiger charge is -2.24. The lowest BCUT2D eigenvalue weighted by atomic mass is 10.1. The van der Waals surface area contributed by atoms with Gasteiger partial charge in [-0.3, -0.25) is 9.48 Å². The van der Waals surface area contributed by atoms with Crippen LogP contribution in [0.15, 0.2) is 54.6 Å². The number of nitrogens with one attached hydrogen (secondary N) is 2. The van der Waals surface area contributed by atoms with Gasteiger partial charge in [-0.25, -0.2) is 4.39 Å². The molecule has 1 aliphatic heterocycles. The molecule has 7 heteroatoms. The second-order valence-corrected chi connectivity index (χ2v) is 6.66. The van der Waals surface area contributed by atoms with Crippen molar-refractivity contribution in [1.82, 2.24) is 15.1 Å². The molecule has 0 unspecified atom stereocenters. The maximum atomic E-state index is 14.5. The third-order valence-electron chi connectivity index (χ3n) is 4.72. The van der Waals surface area contributed by atoms with Crippen LogP contribution in [0, 0.1) is 5.82 Å². The third kappa shape index (κ3) is 3.81. The van der Waals surface area contributed by atoms with E-state index in [9.17, 15) is 9.18 Å². The van der Waals surface area contributed by atoms with Crippen LogP contribution in [0.5, 0.6) is 0 Å². The zero-order valence-electron chi connectivity index (χ0n) is 15.5. The third-order valence-corrected chi connectivity index (χ3v) is 4.72. The van der Waals surface area contributed by atoms with E-state index in [-0.39, 0.29) is 11.8 Å². The average Bonchev–Trinajstić information content (AvgIpc) is 3.12. The molecule has 2 aromatic carbocycles. The van der Waals surface area contributed by atoms with Crippen LogP contribution < -0.4 is 10.6 Å². The average molecular weight is 380 g/mol. The van der Waals surface area contributed by atoms with Crippen LogP contribution in [0.4, 0.5) is 10.1 Å². The number of ether oxygens (including phenoxy) is 1. The van der Waals surface area contributed by atoms with E-state index < -0.39 is 11.7 Å². The molecular weight excluding hydrogens is 359 g/mol. The zero-order valence-corrected chi connectivity index (χ0v) is 15.5. The van der Waals surface area contributed by atoms with E-state index in [1.807, 2.05) is 30.3 Å². The molecular formula is C21H21FN4O2. The highest BCUT2D eigenvalue weighted by Crippen LogP contribution is 2.24. The number of aromatic nitrogens is 2. The van der Waals surface area contributed by atoms with Crippen molar-refractivity contribution in [3.05, 3.63) is 71.7 Å². The van der Waals surface area contributed by atoms with Crippen molar-refractivity contribution < 1.29 is 13.9 Å². The Balaban J connectivity index is 1.51. The normalized spacial score (nSPS) is 16.7. The van der Waals surface area contributed by atoms with Crippen molar-refractivity contribution in [2.24, 2.45) is 7.05 Å². The Bertz CT molecular complexity index is 981. The molecule has 6 nitrogen and oxygen atoms in total. The molecule has 1 amide bonds. The first-order valence-corrected chi connectivity index (χ1v) is 9.14. The molecule has 4 rings (SSSR count). The Labute approximate surface area is 162 Å². The van der Waals surface area contributed by atoms with Gasteiger partial charge in [0.15, 0.2) is 0 Å². The maximum absolute atomic E-state index is 14.5. The Hall–Kier alpha value is -3.03. The van der Waals surface area contributed by atoms with Gasteiger partial charge in [-0.2, -0.15) is 5.10 Å². The minimum Gasteiger partial charge on any atom is -0.371 e. The standard InChI is InChI=1S/C21H21FN4O2/c1-26-19(12-18(25-26)14-5-3-2-4-6-14)21(27)24-17-8-7-15(11-16(17)22)20-13-23-9-10-28-20/h2-8,11-12,20,23H,9-10,13H2,1H3,(H,24,27)/t20-/m0/s1.